The smallest absolute Gasteiger partial charge is 0.475 e. The van der Waals surface area contributed by atoms with Crippen LogP contribution < -0.4 is 0 Å². The lowest BCUT2D eigenvalue weighted by Crippen LogP contribution is -2.31. The van der Waals surface area contributed by atoms with Gasteiger partial charge in [-0.15, -0.1) is 15.9 Å². The van der Waals surface area contributed by atoms with Crippen LogP contribution in [0.25, 0.3) is 0 Å². The lowest BCUT2D eigenvalue weighted by molar-refractivity contribution is 0.286. The van der Waals surface area contributed by atoms with Gasteiger partial charge in [0.05, 0.1) is 0 Å². The van der Waals surface area contributed by atoms with Crippen molar-refractivity contribution in [2.45, 2.75) is 28.7 Å². The summed E-state index contributed by atoms with van der Waals surface area (Å²) in [5.74, 6) is 0. The van der Waals surface area contributed by atoms with E-state index in [4.69, 9.17) is 3.79 Å². The molecule has 3 heteroatoms. The first kappa shape index (κ1) is 8.07. The average molecular weight is 207 g/mol. The average Bonchev–Trinajstić information content (AvgIpc) is 1.90. The van der Waals surface area contributed by atoms with Gasteiger partial charge in [-0.2, -0.15) is 0 Å². The van der Waals surface area contributed by atoms with Crippen molar-refractivity contribution in [3.05, 3.63) is 0 Å². The lowest BCUT2D eigenvalue weighted by atomic mass is 10.4. The third-order valence-electron chi connectivity index (χ3n) is 1.73. The third-order valence-corrected chi connectivity index (χ3v) is 6.16. The van der Waals surface area contributed by atoms with Crippen molar-refractivity contribution in [2.24, 2.45) is 0 Å². The minimum atomic E-state index is -0.783. The zero-order valence-electron chi connectivity index (χ0n) is 5.77. The first-order valence-electron chi connectivity index (χ1n) is 3.56. The molecule has 0 aromatic rings. The lowest BCUT2D eigenvalue weighted by Gasteiger charge is -2.19. The third kappa shape index (κ3) is 2.59. The first-order valence-corrected chi connectivity index (χ1v) is 6.43. The van der Waals surface area contributed by atoms with Crippen molar-refractivity contribution in [2.75, 3.05) is 6.61 Å². The molecule has 9 heavy (non-hydrogen) atoms. The Hall–Kier alpha value is 0.972. The fraction of sp³-hybridized carbons (Fsp3) is 1.00. The monoisotopic (exact) mass is 206 g/mol. The van der Waals surface area contributed by atoms with Crippen LogP contribution in [-0.4, -0.2) is 24.8 Å². The SMILES string of the molecule is C[CH](Br)[Al]1[CH2]CCC[O]1. The molecular formula is C6H12AlBrO. The van der Waals surface area contributed by atoms with Gasteiger partial charge in [0.25, 0.3) is 0 Å². The highest BCUT2D eigenvalue weighted by molar-refractivity contribution is 9.10. The number of halogens is 1. The van der Waals surface area contributed by atoms with Crippen LogP contribution in [0.1, 0.15) is 19.8 Å². The molecule has 1 unspecified atom stereocenters. The second-order valence-electron chi connectivity index (χ2n) is 2.58. The summed E-state index contributed by atoms with van der Waals surface area (Å²) in [5.41, 5.74) is 0. The van der Waals surface area contributed by atoms with Crippen molar-refractivity contribution < 1.29 is 3.79 Å². The normalized spacial score (nSPS) is 24.0. The van der Waals surface area contributed by atoms with Gasteiger partial charge in [0, 0.05) is 6.61 Å². The van der Waals surface area contributed by atoms with Crippen LogP contribution >= 0.6 is 15.9 Å². The topological polar surface area (TPSA) is 9.23 Å². The van der Waals surface area contributed by atoms with Crippen molar-refractivity contribution in [1.29, 1.82) is 0 Å². The summed E-state index contributed by atoms with van der Waals surface area (Å²) >= 11 is 2.79. The molecule has 0 spiro atoms. The Bertz CT molecular complexity index is 81.1. The minimum absolute atomic E-state index is 0.665. The van der Waals surface area contributed by atoms with Crippen molar-refractivity contribution >= 4 is 30.4 Å². The van der Waals surface area contributed by atoms with E-state index < -0.39 is 14.5 Å². The van der Waals surface area contributed by atoms with Crippen LogP contribution in [0.15, 0.2) is 0 Å². The van der Waals surface area contributed by atoms with Gasteiger partial charge in [-0.05, 0) is 10.1 Å². The maximum atomic E-state index is 5.63. The van der Waals surface area contributed by atoms with Crippen LogP contribution in [0.3, 0.4) is 0 Å². The Kier molecular flexibility index (Phi) is 3.57. The van der Waals surface area contributed by atoms with E-state index in [1.807, 2.05) is 0 Å². The maximum absolute atomic E-state index is 5.63. The summed E-state index contributed by atoms with van der Waals surface area (Å²) in [5, 5.41) is 1.37. The molecule has 0 aromatic carbocycles. The maximum Gasteiger partial charge on any atom is 0.475 e. The van der Waals surface area contributed by atoms with Crippen LogP contribution in [-0.2, 0) is 3.79 Å². The zero-order valence-corrected chi connectivity index (χ0v) is 8.51. The second-order valence-corrected chi connectivity index (χ2v) is 7.99. The molecular weight excluding hydrogens is 195 g/mol. The van der Waals surface area contributed by atoms with Gasteiger partial charge < -0.3 is 3.79 Å². The van der Waals surface area contributed by atoms with E-state index in [1.54, 1.807) is 0 Å². The highest BCUT2D eigenvalue weighted by Crippen LogP contribution is 2.17. The Morgan fingerprint density at radius 1 is 1.56 bits per heavy atom. The van der Waals surface area contributed by atoms with Gasteiger partial charge in [-0.25, -0.2) is 0 Å². The predicted molar refractivity (Wildman–Crippen MR) is 44.1 cm³/mol. The predicted octanol–water partition coefficient (Wildman–Crippen LogP) is 2.11. The van der Waals surface area contributed by atoms with Gasteiger partial charge in [0.1, 0.15) is 0 Å². The Morgan fingerprint density at radius 2 is 2.33 bits per heavy atom. The van der Waals surface area contributed by atoms with E-state index in [0.717, 1.165) is 6.61 Å². The summed E-state index contributed by atoms with van der Waals surface area (Å²) in [6.45, 7) is 3.23. The number of hydrogen-bond donors (Lipinski definition) is 0. The minimum Gasteiger partial charge on any atom is -0.500 e. The highest BCUT2D eigenvalue weighted by atomic mass is 79.9. The van der Waals surface area contributed by atoms with E-state index in [1.165, 1.54) is 18.1 Å². The first-order chi connectivity index (χ1) is 4.30. The second kappa shape index (κ2) is 3.98. The highest BCUT2D eigenvalue weighted by Gasteiger charge is 2.27. The van der Waals surface area contributed by atoms with Crippen LogP contribution in [0.2, 0.25) is 5.28 Å². The molecule has 1 fully saturated rings. The van der Waals surface area contributed by atoms with Crippen molar-refractivity contribution in [3.8, 4) is 0 Å². The molecule has 0 bridgehead atoms. The molecule has 1 nitrogen and oxygen atoms in total. The van der Waals surface area contributed by atoms with E-state index in [0.29, 0.717) is 3.69 Å². The zero-order chi connectivity index (χ0) is 6.69. The molecule has 0 aromatic heterocycles. The molecule has 1 heterocycles. The molecule has 52 valence electrons. The van der Waals surface area contributed by atoms with Gasteiger partial charge in [-0.1, -0.05) is 18.6 Å². The van der Waals surface area contributed by atoms with E-state index in [2.05, 4.69) is 22.9 Å². The molecule has 0 aliphatic carbocycles. The molecule has 0 amide bonds. The molecule has 1 saturated heterocycles. The van der Waals surface area contributed by atoms with Gasteiger partial charge in [0.2, 0.25) is 0 Å². The molecule has 1 rings (SSSR count). The Morgan fingerprint density at radius 3 is 2.67 bits per heavy atom. The van der Waals surface area contributed by atoms with Crippen LogP contribution in [0, 0.1) is 0 Å². The van der Waals surface area contributed by atoms with Crippen molar-refractivity contribution in [1.82, 2.24) is 0 Å². The summed E-state index contributed by atoms with van der Waals surface area (Å²) in [6.07, 6.45) is 2.68. The fourth-order valence-electron chi connectivity index (χ4n) is 1.13. The van der Waals surface area contributed by atoms with E-state index >= 15 is 0 Å². The van der Waals surface area contributed by atoms with Gasteiger partial charge in [-0.3, -0.25) is 0 Å². The summed E-state index contributed by atoms with van der Waals surface area (Å²) in [6, 6.07) is 0. The molecule has 1 aliphatic rings. The number of alkyl halides is 1. The molecule has 0 saturated carbocycles. The largest absolute Gasteiger partial charge is 0.500 e. The number of rotatable bonds is 1. The van der Waals surface area contributed by atoms with Gasteiger partial charge >= 0.3 is 14.5 Å². The Labute approximate surface area is 69.6 Å². The summed E-state index contributed by atoms with van der Waals surface area (Å²) in [7, 11) is 0. The summed E-state index contributed by atoms with van der Waals surface area (Å²) < 4.78 is 6.30. The van der Waals surface area contributed by atoms with Crippen LogP contribution in [0.5, 0.6) is 0 Å². The van der Waals surface area contributed by atoms with Crippen LogP contribution in [0.4, 0.5) is 0 Å². The Balaban J connectivity index is 2.23. The quantitative estimate of drug-likeness (QED) is 0.472. The van der Waals surface area contributed by atoms with E-state index in [9.17, 15) is 0 Å². The van der Waals surface area contributed by atoms with E-state index in [-0.39, 0.29) is 0 Å². The number of hydrogen-bond acceptors (Lipinski definition) is 1. The standard InChI is InChI=1S/C4H8O.C2H4Br.Al/c1-2-3-4-5;1-2-3;/h1-4H2;2H,1H3;/q-1;;+1. The molecule has 0 N–H and O–H groups in total. The molecule has 1 aliphatic heterocycles. The molecule has 0 radical (unpaired) electrons. The summed E-state index contributed by atoms with van der Waals surface area (Å²) in [4.78, 5) is 0. The van der Waals surface area contributed by atoms with Gasteiger partial charge in [0.15, 0.2) is 0 Å². The van der Waals surface area contributed by atoms with Crippen molar-refractivity contribution in [3.63, 3.8) is 0 Å². The molecule has 1 atom stereocenters. The fourth-order valence-corrected chi connectivity index (χ4v) is 4.43.